The molecule has 1 atom stereocenters. The van der Waals surface area contributed by atoms with E-state index in [0.717, 1.165) is 31.2 Å². The fraction of sp³-hybridized carbons (Fsp3) is 0.345. The molecular weight excluding hydrogens is 494 g/mol. The Kier molecular flexibility index (Phi) is 7.72. The number of anilines is 2. The summed E-state index contributed by atoms with van der Waals surface area (Å²) in [6.07, 6.45) is 7.04. The number of amides is 3. The second kappa shape index (κ2) is 11.5. The van der Waals surface area contributed by atoms with Gasteiger partial charge in [-0.3, -0.25) is 19.3 Å². The van der Waals surface area contributed by atoms with Crippen LogP contribution in [0.5, 0.6) is 0 Å². The predicted octanol–water partition coefficient (Wildman–Crippen LogP) is 3.95. The molecule has 39 heavy (non-hydrogen) atoms. The summed E-state index contributed by atoms with van der Waals surface area (Å²) in [6.45, 7) is 1.33. The van der Waals surface area contributed by atoms with Crippen molar-refractivity contribution in [1.29, 1.82) is 0 Å². The molecule has 0 saturated heterocycles. The van der Waals surface area contributed by atoms with Crippen molar-refractivity contribution in [2.24, 2.45) is 7.05 Å². The zero-order chi connectivity index (χ0) is 27.4. The lowest BCUT2D eigenvalue weighted by molar-refractivity contribution is -0.127. The van der Waals surface area contributed by atoms with E-state index in [-0.39, 0.29) is 30.3 Å². The molecule has 5 rings (SSSR count). The van der Waals surface area contributed by atoms with Gasteiger partial charge in [-0.05, 0) is 61.4 Å². The monoisotopic (exact) mass is 527 g/mol. The van der Waals surface area contributed by atoms with Gasteiger partial charge in [0.25, 0.3) is 0 Å². The zero-order valence-electron chi connectivity index (χ0n) is 22.2. The van der Waals surface area contributed by atoms with Gasteiger partial charge in [0.05, 0.1) is 11.2 Å². The van der Waals surface area contributed by atoms with Gasteiger partial charge in [-0.2, -0.15) is 0 Å². The highest BCUT2D eigenvalue weighted by atomic mass is 16.2. The molecule has 0 radical (unpaired) electrons. The Bertz CT molecular complexity index is 1470. The van der Waals surface area contributed by atoms with Crippen LogP contribution < -0.4 is 15.5 Å². The zero-order valence-corrected chi connectivity index (χ0v) is 22.2. The van der Waals surface area contributed by atoms with E-state index in [0.29, 0.717) is 22.6 Å². The van der Waals surface area contributed by atoms with E-state index in [4.69, 9.17) is 0 Å². The minimum Gasteiger partial charge on any atom is -0.352 e. The van der Waals surface area contributed by atoms with E-state index < -0.39 is 6.04 Å². The van der Waals surface area contributed by atoms with E-state index in [1.165, 1.54) is 18.2 Å². The van der Waals surface area contributed by atoms with Crippen molar-refractivity contribution in [3.05, 3.63) is 72.6 Å². The summed E-state index contributed by atoms with van der Waals surface area (Å²) in [7, 11) is 1.86. The number of nitrogens with zero attached hydrogens (tertiary/aromatic N) is 5. The highest BCUT2D eigenvalue weighted by Gasteiger charge is 2.35. The Balaban J connectivity index is 1.55. The maximum Gasteiger partial charge on any atom is 0.249 e. The van der Waals surface area contributed by atoms with Crippen LogP contribution in [-0.2, 0) is 28.0 Å². The third-order valence-electron chi connectivity index (χ3n) is 7.16. The number of benzene rings is 2. The lowest BCUT2D eigenvalue weighted by Crippen LogP contribution is -2.48. The Labute approximate surface area is 227 Å². The molecule has 1 fully saturated rings. The van der Waals surface area contributed by atoms with Crippen LogP contribution in [0.3, 0.4) is 0 Å². The van der Waals surface area contributed by atoms with Gasteiger partial charge < -0.3 is 15.2 Å². The first-order chi connectivity index (χ1) is 18.9. The van der Waals surface area contributed by atoms with Crippen LogP contribution in [0.15, 0.2) is 66.9 Å². The van der Waals surface area contributed by atoms with E-state index in [9.17, 15) is 14.4 Å². The molecule has 10 nitrogen and oxygen atoms in total. The number of nitrogens with one attached hydrogen (secondary N) is 2. The molecule has 3 amide bonds. The average Bonchev–Trinajstić information content (AvgIpc) is 3.54. The molecule has 2 heterocycles. The second-order valence-electron chi connectivity index (χ2n) is 10.0. The predicted molar refractivity (Wildman–Crippen MR) is 149 cm³/mol. The van der Waals surface area contributed by atoms with Gasteiger partial charge in [-0.15, -0.1) is 5.10 Å². The summed E-state index contributed by atoms with van der Waals surface area (Å²) in [4.78, 5) is 41.2. The summed E-state index contributed by atoms with van der Waals surface area (Å²) in [5, 5.41) is 14.4. The summed E-state index contributed by atoms with van der Waals surface area (Å²) in [5.74, 6) is -0.739. The summed E-state index contributed by atoms with van der Waals surface area (Å²) >= 11 is 0. The molecule has 0 spiro atoms. The van der Waals surface area contributed by atoms with Gasteiger partial charge in [0, 0.05) is 37.6 Å². The lowest BCUT2D eigenvalue weighted by Gasteiger charge is -2.33. The molecule has 2 N–H and O–H groups in total. The van der Waals surface area contributed by atoms with Crippen molar-refractivity contribution in [2.75, 3.05) is 10.2 Å². The molecule has 202 valence electrons. The average molecular weight is 528 g/mol. The van der Waals surface area contributed by atoms with Crippen molar-refractivity contribution in [3.8, 4) is 0 Å². The SMILES string of the molecule is CC(=O)Nc1ccc(N(C(=O)Cn2nnc3ccccc32)[C@@H](C(=O)NC2CCCCC2)c2cccn2C)cc1. The topological polar surface area (TPSA) is 114 Å². The van der Waals surface area contributed by atoms with E-state index >= 15 is 0 Å². The van der Waals surface area contributed by atoms with Crippen LogP contribution in [-0.4, -0.2) is 43.3 Å². The highest BCUT2D eigenvalue weighted by Crippen LogP contribution is 2.31. The number of para-hydroxylation sites is 1. The van der Waals surface area contributed by atoms with Gasteiger partial charge in [-0.1, -0.05) is 36.6 Å². The Morgan fingerprint density at radius 1 is 1.00 bits per heavy atom. The lowest BCUT2D eigenvalue weighted by atomic mass is 9.95. The molecule has 0 aliphatic heterocycles. The largest absolute Gasteiger partial charge is 0.352 e. The molecule has 0 unspecified atom stereocenters. The normalized spacial score (nSPS) is 14.6. The highest BCUT2D eigenvalue weighted by molar-refractivity contribution is 6.01. The number of carbonyl (C=O) groups is 3. The van der Waals surface area contributed by atoms with Crippen molar-refractivity contribution >= 4 is 40.1 Å². The number of hydrogen-bond acceptors (Lipinski definition) is 5. The van der Waals surface area contributed by atoms with E-state index in [2.05, 4.69) is 20.9 Å². The molecule has 4 aromatic rings. The molecule has 10 heteroatoms. The standard InChI is InChI=1S/C29H33N7O3/c1-20(37)30-22-14-16-23(17-15-22)36(27(38)19-35-25-12-7-6-11-24(25)32-33-35)28(26-13-8-18-34(26)2)29(39)31-21-9-4-3-5-10-21/h6-8,11-18,21,28H,3-5,9-10,19H2,1-2H3,(H,30,37)(H,31,39)/t28-/m1/s1. The first-order valence-electron chi connectivity index (χ1n) is 13.3. The Morgan fingerprint density at radius 3 is 2.44 bits per heavy atom. The number of aromatic nitrogens is 4. The summed E-state index contributed by atoms with van der Waals surface area (Å²) in [6, 6.07) is 17.3. The van der Waals surface area contributed by atoms with Crippen molar-refractivity contribution in [3.63, 3.8) is 0 Å². The second-order valence-corrected chi connectivity index (χ2v) is 10.0. The molecule has 2 aromatic heterocycles. The minimum absolute atomic E-state index is 0.0763. The summed E-state index contributed by atoms with van der Waals surface area (Å²) in [5.41, 5.74) is 3.23. The van der Waals surface area contributed by atoms with Crippen molar-refractivity contribution in [1.82, 2.24) is 24.9 Å². The van der Waals surface area contributed by atoms with Crippen LogP contribution in [0.1, 0.15) is 50.8 Å². The first kappa shape index (κ1) is 26.1. The third-order valence-corrected chi connectivity index (χ3v) is 7.16. The first-order valence-corrected chi connectivity index (χ1v) is 13.3. The maximum atomic E-state index is 14.1. The smallest absolute Gasteiger partial charge is 0.249 e. The third kappa shape index (κ3) is 5.84. The van der Waals surface area contributed by atoms with Gasteiger partial charge in [0.15, 0.2) is 6.04 Å². The van der Waals surface area contributed by atoms with Gasteiger partial charge >= 0.3 is 0 Å². The fourth-order valence-corrected chi connectivity index (χ4v) is 5.25. The number of aryl methyl sites for hydroxylation is 1. The number of rotatable bonds is 8. The molecule has 1 aliphatic rings. The van der Waals surface area contributed by atoms with Crippen molar-refractivity contribution < 1.29 is 14.4 Å². The fourth-order valence-electron chi connectivity index (χ4n) is 5.25. The van der Waals surface area contributed by atoms with Gasteiger partial charge in [0.1, 0.15) is 12.1 Å². The van der Waals surface area contributed by atoms with Crippen molar-refractivity contribution in [2.45, 2.75) is 57.7 Å². The molecule has 2 aromatic carbocycles. The quantitative estimate of drug-likeness (QED) is 0.360. The van der Waals surface area contributed by atoms with Crippen LogP contribution in [0.25, 0.3) is 11.0 Å². The number of fused-ring (bicyclic) bond motifs is 1. The van der Waals surface area contributed by atoms with Crippen LogP contribution in [0, 0.1) is 0 Å². The maximum absolute atomic E-state index is 14.1. The molecule has 0 bridgehead atoms. The minimum atomic E-state index is -0.916. The molecule has 1 aliphatic carbocycles. The molecule has 1 saturated carbocycles. The van der Waals surface area contributed by atoms with Gasteiger partial charge in [0.2, 0.25) is 17.7 Å². The van der Waals surface area contributed by atoms with Crippen LogP contribution in [0.4, 0.5) is 11.4 Å². The summed E-state index contributed by atoms with van der Waals surface area (Å²) < 4.78 is 3.42. The Morgan fingerprint density at radius 2 is 1.74 bits per heavy atom. The van der Waals surface area contributed by atoms with E-state index in [1.54, 1.807) is 28.9 Å². The number of carbonyl (C=O) groups excluding carboxylic acids is 3. The van der Waals surface area contributed by atoms with E-state index in [1.807, 2.05) is 54.2 Å². The molecular formula is C29H33N7O3. The van der Waals surface area contributed by atoms with Gasteiger partial charge in [-0.25, -0.2) is 4.68 Å². The number of hydrogen-bond donors (Lipinski definition) is 2. The van der Waals surface area contributed by atoms with Crippen LogP contribution in [0.2, 0.25) is 0 Å². The Hall–Kier alpha value is -4.47. The van der Waals surface area contributed by atoms with Crippen LogP contribution >= 0.6 is 0 Å².